The topological polar surface area (TPSA) is 0 Å². The van der Waals surface area contributed by atoms with Crippen molar-refractivity contribution in [2.45, 2.75) is 99.3 Å². The fourth-order valence-electron chi connectivity index (χ4n) is 4.28. The van der Waals surface area contributed by atoms with Crippen molar-refractivity contribution in [1.82, 2.24) is 0 Å². The highest BCUT2D eigenvalue weighted by Crippen LogP contribution is 2.35. The number of hydrogen-bond donors (Lipinski definition) is 0. The lowest BCUT2D eigenvalue weighted by Crippen LogP contribution is -2.12. The van der Waals surface area contributed by atoms with E-state index in [0.717, 1.165) is 11.8 Å². The molecular formula is C29H48. The molecule has 0 fully saturated rings. The van der Waals surface area contributed by atoms with Gasteiger partial charge in [-0.3, -0.25) is 0 Å². The second kappa shape index (κ2) is 17.3. The summed E-state index contributed by atoms with van der Waals surface area (Å²) in [4.78, 5) is 0. The Labute approximate surface area is 183 Å². The van der Waals surface area contributed by atoms with Gasteiger partial charge in [0.2, 0.25) is 0 Å². The van der Waals surface area contributed by atoms with E-state index in [9.17, 15) is 0 Å². The molecule has 0 saturated carbocycles. The van der Waals surface area contributed by atoms with Gasteiger partial charge in [0.25, 0.3) is 0 Å². The lowest BCUT2D eigenvalue weighted by atomic mass is 9.79. The zero-order valence-electron chi connectivity index (χ0n) is 20.4. The van der Waals surface area contributed by atoms with Crippen molar-refractivity contribution in [2.24, 2.45) is 11.8 Å². The van der Waals surface area contributed by atoms with Crippen LogP contribution in [-0.2, 0) is 0 Å². The van der Waals surface area contributed by atoms with E-state index in [0.29, 0.717) is 0 Å². The maximum absolute atomic E-state index is 3.36. The number of hydrogen-bond acceptors (Lipinski definition) is 0. The standard InChI is InChI=1S/C23H36.2C3H6/c1-5-7-9-20(8-6-2)17-21-10-12-22(13-11-21)23-15-18(3)14-19(4)16-23;2*1-3-2/h12,14-16,20-21H,5-11,13,17H2,1-4H3;2*3H,1H2,2H3. The van der Waals surface area contributed by atoms with Gasteiger partial charge in [-0.15, -0.1) is 13.2 Å². The lowest BCUT2D eigenvalue weighted by Gasteiger charge is -2.26. The summed E-state index contributed by atoms with van der Waals surface area (Å²) in [6.45, 7) is 19.6. The molecule has 0 aliphatic heterocycles. The molecule has 2 rings (SSSR count). The van der Waals surface area contributed by atoms with Gasteiger partial charge in [-0.25, -0.2) is 0 Å². The van der Waals surface area contributed by atoms with Crippen LogP contribution in [0, 0.1) is 25.7 Å². The molecule has 1 aromatic rings. The first-order valence-corrected chi connectivity index (χ1v) is 11.9. The van der Waals surface area contributed by atoms with Gasteiger partial charge in [0, 0.05) is 0 Å². The van der Waals surface area contributed by atoms with Crippen LogP contribution < -0.4 is 0 Å². The summed E-state index contributed by atoms with van der Waals surface area (Å²) in [6.07, 6.45) is 18.5. The molecule has 0 bridgehead atoms. The Morgan fingerprint density at radius 2 is 1.55 bits per heavy atom. The normalized spacial score (nSPS) is 16.3. The van der Waals surface area contributed by atoms with E-state index in [2.05, 4.69) is 65.1 Å². The van der Waals surface area contributed by atoms with Crippen LogP contribution in [0.25, 0.3) is 5.57 Å². The highest BCUT2D eigenvalue weighted by atomic mass is 14.2. The van der Waals surface area contributed by atoms with Crippen molar-refractivity contribution in [3.63, 3.8) is 0 Å². The molecule has 0 saturated heterocycles. The molecule has 2 unspecified atom stereocenters. The highest BCUT2D eigenvalue weighted by Gasteiger charge is 2.19. The predicted molar refractivity (Wildman–Crippen MR) is 136 cm³/mol. The van der Waals surface area contributed by atoms with Crippen LogP contribution in [0.1, 0.15) is 102 Å². The summed E-state index contributed by atoms with van der Waals surface area (Å²) < 4.78 is 0. The molecule has 0 N–H and O–H groups in total. The predicted octanol–water partition coefficient (Wildman–Crippen LogP) is 9.87. The molecule has 1 aromatic carbocycles. The van der Waals surface area contributed by atoms with E-state index >= 15 is 0 Å². The molecule has 0 radical (unpaired) electrons. The maximum Gasteiger partial charge on any atom is -0.0222 e. The summed E-state index contributed by atoms with van der Waals surface area (Å²) in [5, 5.41) is 0. The molecule has 0 amide bonds. The summed E-state index contributed by atoms with van der Waals surface area (Å²) in [7, 11) is 0. The van der Waals surface area contributed by atoms with Gasteiger partial charge in [-0.2, -0.15) is 0 Å². The van der Waals surface area contributed by atoms with Crippen molar-refractivity contribution in [3.05, 3.63) is 66.3 Å². The Kier molecular flexibility index (Phi) is 16.4. The van der Waals surface area contributed by atoms with Gasteiger partial charge >= 0.3 is 0 Å². The second-order valence-electron chi connectivity index (χ2n) is 8.60. The molecule has 1 aliphatic rings. The summed E-state index contributed by atoms with van der Waals surface area (Å²) in [5.74, 6) is 1.90. The van der Waals surface area contributed by atoms with E-state index in [1.807, 2.05) is 13.8 Å². The van der Waals surface area contributed by atoms with Gasteiger partial charge in [-0.1, -0.05) is 93.5 Å². The zero-order chi connectivity index (χ0) is 22.1. The third-order valence-corrected chi connectivity index (χ3v) is 5.44. The van der Waals surface area contributed by atoms with Crippen molar-refractivity contribution in [2.75, 3.05) is 0 Å². The Morgan fingerprint density at radius 3 is 2.00 bits per heavy atom. The first kappa shape index (κ1) is 27.4. The molecule has 0 nitrogen and oxygen atoms in total. The first-order valence-electron chi connectivity index (χ1n) is 11.9. The van der Waals surface area contributed by atoms with Crippen LogP contribution in [0.5, 0.6) is 0 Å². The minimum atomic E-state index is 0.929. The maximum atomic E-state index is 3.36. The van der Waals surface area contributed by atoms with E-state index in [-0.39, 0.29) is 0 Å². The largest absolute Gasteiger partial charge is 0.103 e. The molecule has 2 atom stereocenters. The zero-order valence-corrected chi connectivity index (χ0v) is 20.4. The molecule has 1 aliphatic carbocycles. The van der Waals surface area contributed by atoms with Crippen LogP contribution >= 0.6 is 0 Å². The Morgan fingerprint density at radius 1 is 0.966 bits per heavy atom. The number of rotatable bonds is 8. The fraction of sp³-hybridized carbons (Fsp3) is 0.586. The SMILES string of the molecule is C=CC.C=CC.CCCCC(CCC)CC1CC=C(c2cc(C)cc(C)c2)CC1. The van der Waals surface area contributed by atoms with Crippen molar-refractivity contribution in [1.29, 1.82) is 0 Å². The third kappa shape index (κ3) is 12.6. The fourth-order valence-corrected chi connectivity index (χ4v) is 4.28. The van der Waals surface area contributed by atoms with Crippen molar-refractivity contribution >= 4 is 5.57 Å². The molecule has 0 heteroatoms. The molecule has 0 spiro atoms. The van der Waals surface area contributed by atoms with Crippen molar-refractivity contribution < 1.29 is 0 Å². The Hall–Kier alpha value is -1.56. The van der Waals surface area contributed by atoms with Gasteiger partial charge in [0.05, 0.1) is 0 Å². The molecule has 0 aromatic heterocycles. The molecule has 29 heavy (non-hydrogen) atoms. The molecule has 0 heterocycles. The molecule has 164 valence electrons. The van der Waals surface area contributed by atoms with E-state index in [1.165, 1.54) is 74.5 Å². The van der Waals surface area contributed by atoms with Crippen LogP contribution in [0.2, 0.25) is 0 Å². The van der Waals surface area contributed by atoms with Crippen LogP contribution in [0.15, 0.2) is 49.6 Å². The average Bonchev–Trinajstić information content (AvgIpc) is 2.67. The quantitative estimate of drug-likeness (QED) is 0.383. The first-order chi connectivity index (χ1) is 13.9. The van der Waals surface area contributed by atoms with E-state index in [1.54, 1.807) is 17.7 Å². The van der Waals surface area contributed by atoms with E-state index in [4.69, 9.17) is 0 Å². The number of unbranched alkanes of at least 4 members (excludes halogenated alkanes) is 1. The lowest BCUT2D eigenvalue weighted by molar-refractivity contribution is 0.312. The Bertz CT molecular complexity index is 564. The Balaban J connectivity index is 0.00000116. The number of benzene rings is 1. The monoisotopic (exact) mass is 396 g/mol. The number of aryl methyl sites for hydroxylation is 2. The third-order valence-electron chi connectivity index (χ3n) is 5.44. The highest BCUT2D eigenvalue weighted by molar-refractivity contribution is 5.67. The number of allylic oxidation sites excluding steroid dienone is 4. The van der Waals surface area contributed by atoms with Gasteiger partial charge in [0.15, 0.2) is 0 Å². The minimum absolute atomic E-state index is 0.929. The summed E-state index contributed by atoms with van der Waals surface area (Å²) in [5.41, 5.74) is 5.85. The average molecular weight is 397 g/mol. The molecular weight excluding hydrogens is 348 g/mol. The van der Waals surface area contributed by atoms with Crippen molar-refractivity contribution in [3.8, 4) is 0 Å². The van der Waals surface area contributed by atoms with Crippen LogP contribution in [0.4, 0.5) is 0 Å². The summed E-state index contributed by atoms with van der Waals surface area (Å²) >= 11 is 0. The minimum Gasteiger partial charge on any atom is -0.103 e. The van der Waals surface area contributed by atoms with Crippen LogP contribution in [-0.4, -0.2) is 0 Å². The van der Waals surface area contributed by atoms with Crippen LogP contribution in [0.3, 0.4) is 0 Å². The second-order valence-corrected chi connectivity index (χ2v) is 8.60. The van der Waals surface area contributed by atoms with Gasteiger partial charge in [-0.05, 0) is 76.4 Å². The summed E-state index contributed by atoms with van der Waals surface area (Å²) in [6, 6.07) is 7.00. The van der Waals surface area contributed by atoms with E-state index < -0.39 is 0 Å². The smallest absolute Gasteiger partial charge is 0.0222 e. The van der Waals surface area contributed by atoms with Gasteiger partial charge in [0.1, 0.15) is 0 Å². The van der Waals surface area contributed by atoms with Gasteiger partial charge < -0.3 is 0 Å².